The van der Waals surface area contributed by atoms with E-state index in [9.17, 15) is 13.2 Å². The highest BCUT2D eigenvalue weighted by Crippen LogP contribution is 2.40. The van der Waals surface area contributed by atoms with Gasteiger partial charge in [-0.2, -0.15) is 0 Å². The van der Waals surface area contributed by atoms with Gasteiger partial charge in [-0.25, -0.2) is 13.2 Å². The molecule has 2 fully saturated rings. The van der Waals surface area contributed by atoms with Crippen molar-refractivity contribution in [2.24, 2.45) is 0 Å². The highest BCUT2D eigenvalue weighted by Gasteiger charge is 2.54. The zero-order valence-corrected chi connectivity index (χ0v) is 15.3. The monoisotopic (exact) mass is 378 g/mol. The summed E-state index contributed by atoms with van der Waals surface area (Å²) in [6, 6.07) is 22.1. The number of carbonyl (C=O) groups is 1. The second-order valence-corrected chi connectivity index (χ2v) is 9.22. The van der Waals surface area contributed by atoms with E-state index in [4.69, 9.17) is 0 Å². The predicted octanol–water partition coefficient (Wildman–Crippen LogP) is 3.45. The molecule has 136 valence electrons. The average Bonchev–Trinajstić information content (AvgIpc) is 3.10. The Balaban J connectivity index is 1.69. The number of hydrogen-bond donors (Lipinski definition) is 0. The molecule has 2 atom stereocenters. The molecule has 2 aliphatic rings. The summed E-state index contributed by atoms with van der Waals surface area (Å²) >= 11 is 0. The van der Waals surface area contributed by atoms with Gasteiger partial charge in [0.05, 0.1) is 29.3 Å². The fraction of sp³-hybridized carbons (Fsp3) is 0.190. The van der Waals surface area contributed by atoms with E-state index in [0.29, 0.717) is 0 Å². The Hall–Kier alpha value is -2.86. The van der Waals surface area contributed by atoms with Crippen LogP contribution in [0, 0.1) is 0 Å². The summed E-state index contributed by atoms with van der Waals surface area (Å²) < 4.78 is 24.8. The van der Waals surface area contributed by atoms with E-state index in [1.165, 1.54) is 0 Å². The summed E-state index contributed by atoms with van der Waals surface area (Å²) in [6.45, 7) is 0. The van der Waals surface area contributed by atoms with Crippen LogP contribution in [0.1, 0.15) is 0 Å². The van der Waals surface area contributed by atoms with Crippen molar-refractivity contribution in [1.29, 1.82) is 0 Å². The summed E-state index contributed by atoms with van der Waals surface area (Å²) in [7, 11) is -3.20. The first kappa shape index (κ1) is 16.3. The zero-order chi connectivity index (χ0) is 18.6. The number of fused-ring (bicyclic) bond motifs is 2. The first-order valence-electron chi connectivity index (χ1n) is 8.91. The molecule has 0 radical (unpaired) electrons. The quantitative estimate of drug-likeness (QED) is 0.642. The number of carbonyl (C=O) groups excluding carboxylic acids is 1. The summed E-state index contributed by atoms with van der Waals surface area (Å²) in [5.41, 5.74) is 1.50. The van der Waals surface area contributed by atoms with E-state index in [1.54, 1.807) is 9.80 Å². The van der Waals surface area contributed by atoms with E-state index in [2.05, 4.69) is 0 Å². The van der Waals surface area contributed by atoms with Crippen LogP contribution in [-0.2, 0) is 9.84 Å². The number of urea groups is 1. The zero-order valence-electron chi connectivity index (χ0n) is 14.5. The first-order chi connectivity index (χ1) is 13.1. The minimum absolute atomic E-state index is 0.000430. The topological polar surface area (TPSA) is 57.7 Å². The molecule has 2 unspecified atom stereocenters. The number of amides is 2. The van der Waals surface area contributed by atoms with Crippen LogP contribution in [0.4, 0.5) is 16.2 Å². The third-order valence-corrected chi connectivity index (χ3v) is 7.13. The normalized spacial score (nSPS) is 23.8. The maximum Gasteiger partial charge on any atom is 0.329 e. The molecule has 0 N–H and O–H groups in total. The summed E-state index contributed by atoms with van der Waals surface area (Å²) in [5, 5.41) is 1.98. The van der Waals surface area contributed by atoms with E-state index >= 15 is 0 Å². The molecule has 6 heteroatoms. The van der Waals surface area contributed by atoms with Crippen LogP contribution in [0.15, 0.2) is 72.8 Å². The second kappa shape index (κ2) is 5.82. The molecular weight excluding hydrogens is 360 g/mol. The van der Waals surface area contributed by atoms with Crippen molar-refractivity contribution in [3.8, 4) is 0 Å². The number of nitrogens with zero attached hydrogens (tertiary/aromatic N) is 2. The van der Waals surface area contributed by atoms with Gasteiger partial charge in [-0.15, -0.1) is 0 Å². The molecule has 0 spiro atoms. The number of rotatable bonds is 2. The molecule has 3 aromatic carbocycles. The summed E-state index contributed by atoms with van der Waals surface area (Å²) in [5.74, 6) is -0.00444. The number of anilines is 2. The van der Waals surface area contributed by atoms with Gasteiger partial charge in [0.2, 0.25) is 0 Å². The Bertz CT molecular complexity index is 1140. The van der Waals surface area contributed by atoms with Crippen molar-refractivity contribution >= 4 is 38.0 Å². The summed E-state index contributed by atoms with van der Waals surface area (Å²) in [6.07, 6.45) is 0. The fourth-order valence-corrected chi connectivity index (χ4v) is 6.21. The molecule has 2 amide bonds. The maximum absolute atomic E-state index is 13.4. The van der Waals surface area contributed by atoms with Crippen LogP contribution in [0.3, 0.4) is 0 Å². The molecule has 5 rings (SSSR count). The largest absolute Gasteiger partial charge is 0.329 e. The standard InChI is InChI=1S/C21H18N2O3S/c24-21-22(16-9-2-1-3-10-16)19-13-27(25,26)14-20(19)23(21)18-12-6-8-15-7-4-5-11-17(15)18/h1-12,19-20H,13-14H2. The molecule has 0 saturated carbocycles. The molecule has 2 saturated heterocycles. The smallest absolute Gasteiger partial charge is 0.288 e. The van der Waals surface area contributed by atoms with E-state index in [0.717, 1.165) is 22.1 Å². The van der Waals surface area contributed by atoms with Crippen molar-refractivity contribution in [1.82, 2.24) is 0 Å². The van der Waals surface area contributed by atoms with Gasteiger partial charge in [-0.1, -0.05) is 54.6 Å². The number of benzene rings is 3. The van der Waals surface area contributed by atoms with Crippen LogP contribution < -0.4 is 9.80 Å². The van der Waals surface area contributed by atoms with Gasteiger partial charge in [0, 0.05) is 11.1 Å². The van der Waals surface area contributed by atoms with Crippen LogP contribution in [0.5, 0.6) is 0 Å². The Morgan fingerprint density at radius 2 is 1.37 bits per heavy atom. The highest BCUT2D eigenvalue weighted by molar-refractivity contribution is 7.91. The minimum Gasteiger partial charge on any atom is -0.288 e. The minimum atomic E-state index is -3.20. The van der Waals surface area contributed by atoms with Crippen LogP contribution in [0.25, 0.3) is 10.8 Å². The van der Waals surface area contributed by atoms with Crippen molar-refractivity contribution in [2.45, 2.75) is 12.1 Å². The van der Waals surface area contributed by atoms with Gasteiger partial charge in [0.1, 0.15) is 0 Å². The van der Waals surface area contributed by atoms with Crippen molar-refractivity contribution in [3.63, 3.8) is 0 Å². The van der Waals surface area contributed by atoms with Gasteiger partial charge in [0.15, 0.2) is 9.84 Å². The molecule has 27 heavy (non-hydrogen) atoms. The Morgan fingerprint density at radius 1 is 0.741 bits per heavy atom. The lowest BCUT2D eigenvalue weighted by molar-refractivity contribution is 0.255. The molecule has 3 aromatic rings. The van der Waals surface area contributed by atoms with E-state index < -0.39 is 9.84 Å². The van der Waals surface area contributed by atoms with Crippen molar-refractivity contribution in [3.05, 3.63) is 72.8 Å². The molecule has 5 nitrogen and oxygen atoms in total. The SMILES string of the molecule is O=C1N(c2ccccc2)C2CS(=O)(=O)CC2N1c1cccc2ccccc12. The molecule has 0 aromatic heterocycles. The lowest BCUT2D eigenvalue weighted by Gasteiger charge is -2.24. The van der Waals surface area contributed by atoms with E-state index in [-0.39, 0.29) is 29.6 Å². The predicted molar refractivity (Wildman–Crippen MR) is 107 cm³/mol. The Kier molecular flexibility index (Phi) is 3.52. The van der Waals surface area contributed by atoms with Crippen LogP contribution in [-0.4, -0.2) is 38.0 Å². The highest BCUT2D eigenvalue weighted by atomic mass is 32.2. The molecular formula is C21H18N2O3S. The maximum atomic E-state index is 13.4. The van der Waals surface area contributed by atoms with Crippen molar-refractivity contribution < 1.29 is 13.2 Å². The Morgan fingerprint density at radius 3 is 2.15 bits per heavy atom. The second-order valence-electron chi connectivity index (χ2n) is 7.07. The van der Waals surface area contributed by atoms with Gasteiger partial charge in [0.25, 0.3) is 0 Å². The fourth-order valence-electron chi connectivity index (χ4n) is 4.29. The Labute approximate surface area is 157 Å². The van der Waals surface area contributed by atoms with Crippen LogP contribution >= 0.6 is 0 Å². The molecule has 0 bridgehead atoms. The van der Waals surface area contributed by atoms with Gasteiger partial charge < -0.3 is 0 Å². The lowest BCUT2D eigenvalue weighted by Crippen LogP contribution is -2.38. The molecule has 0 aliphatic carbocycles. The van der Waals surface area contributed by atoms with Crippen molar-refractivity contribution in [2.75, 3.05) is 21.3 Å². The number of para-hydroxylation sites is 1. The summed E-state index contributed by atoms with van der Waals surface area (Å²) in [4.78, 5) is 16.8. The van der Waals surface area contributed by atoms with Gasteiger partial charge >= 0.3 is 6.03 Å². The average molecular weight is 378 g/mol. The van der Waals surface area contributed by atoms with Gasteiger partial charge in [-0.05, 0) is 23.6 Å². The van der Waals surface area contributed by atoms with Crippen LogP contribution in [0.2, 0.25) is 0 Å². The number of sulfone groups is 1. The lowest BCUT2D eigenvalue weighted by atomic mass is 10.1. The molecule has 2 aliphatic heterocycles. The first-order valence-corrected chi connectivity index (χ1v) is 10.7. The third kappa shape index (κ3) is 2.51. The van der Waals surface area contributed by atoms with E-state index in [1.807, 2.05) is 72.8 Å². The molecule has 2 heterocycles. The van der Waals surface area contributed by atoms with Gasteiger partial charge in [-0.3, -0.25) is 9.80 Å². The number of hydrogen-bond acceptors (Lipinski definition) is 3. The third-order valence-electron chi connectivity index (χ3n) is 5.43.